The molecule has 0 saturated heterocycles. The largest absolute Gasteiger partial charge is 0.483 e. The highest BCUT2D eigenvalue weighted by Crippen LogP contribution is 2.31. The van der Waals surface area contributed by atoms with Crippen molar-refractivity contribution >= 4 is 23.2 Å². The first-order valence-corrected chi connectivity index (χ1v) is 10.7. The molecule has 0 aromatic heterocycles. The summed E-state index contributed by atoms with van der Waals surface area (Å²) in [7, 11) is 0. The molecule has 0 aliphatic carbocycles. The second-order valence-corrected chi connectivity index (χ2v) is 8.61. The van der Waals surface area contributed by atoms with Crippen LogP contribution in [0.25, 0.3) is 0 Å². The maximum absolute atomic E-state index is 12.4. The highest BCUT2D eigenvalue weighted by molar-refractivity contribution is 5.97. The Hall–Kier alpha value is -2.82. The van der Waals surface area contributed by atoms with E-state index in [2.05, 4.69) is 25.2 Å². The van der Waals surface area contributed by atoms with E-state index in [9.17, 15) is 9.59 Å². The number of anilines is 2. The van der Waals surface area contributed by atoms with Gasteiger partial charge in [-0.2, -0.15) is 0 Å². The molecular weight excluding hydrogens is 376 g/mol. The minimum atomic E-state index is -0.197. The fourth-order valence-corrected chi connectivity index (χ4v) is 3.76. The topological polar surface area (TPSA) is 58.6 Å². The zero-order chi connectivity index (χ0) is 21.8. The van der Waals surface area contributed by atoms with Crippen LogP contribution in [0.15, 0.2) is 30.3 Å². The van der Waals surface area contributed by atoms with Gasteiger partial charge in [-0.25, -0.2) is 0 Å². The van der Waals surface area contributed by atoms with E-state index in [4.69, 9.17) is 4.74 Å². The molecule has 0 radical (unpaired) electrons. The molecule has 2 aromatic rings. The number of carbonyl (C=O) groups is 2. The summed E-state index contributed by atoms with van der Waals surface area (Å²) in [5, 5.41) is 2.92. The van der Waals surface area contributed by atoms with Crippen LogP contribution in [0, 0.1) is 26.7 Å². The summed E-state index contributed by atoms with van der Waals surface area (Å²) in [5.74, 6) is 1.27. The van der Waals surface area contributed by atoms with Crippen LogP contribution < -0.4 is 15.0 Å². The van der Waals surface area contributed by atoms with E-state index in [1.807, 2.05) is 49.9 Å². The summed E-state index contributed by atoms with van der Waals surface area (Å²) >= 11 is 0. The van der Waals surface area contributed by atoms with Crippen LogP contribution in [-0.2, 0) is 16.0 Å². The van der Waals surface area contributed by atoms with Gasteiger partial charge < -0.3 is 15.0 Å². The van der Waals surface area contributed by atoms with Gasteiger partial charge in [0.15, 0.2) is 6.61 Å². The lowest BCUT2D eigenvalue weighted by molar-refractivity contribution is -0.119. The molecule has 3 rings (SSSR count). The van der Waals surface area contributed by atoms with Crippen LogP contribution in [0.3, 0.4) is 0 Å². The van der Waals surface area contributed by atoms with E-state index in [-0.39, 0.29) is 18.4 Å². The van der Waals surface area contributed by atoms with Gasteiger partial charge in [-0.1, -0.05) is 19.9 Å². The zero-order valence-corrected chi connectivity index (χ0v) is 18.7. The number of benzene rings is 2. The van der Waals surface area contributed by atoms with Gasteiger partial charge in [0.1, 0.15) is 5.75 Å². The lowest BCUT2D eigenvalue weighted by Gasteiger charge is -2.30. The van der Waals surface area contributed by atoms with Crippen molar-refractivity contribution in [1.82, 2.24) is 0 Å². The van der Waals surface area contributed by atoms with Gasteiger partial charge in [0.25, 0.3) is 5.91 Å². The Morgan fingerprint density at radius 2 is 1.90 bits per heavy atom. The summed E-state index contributed by atoms with van der Waals surface area (Å²) in [6.07, 6.45) is 2.19. The lowest BCUT2D eigenvalue weighted by Crippen LogP contribution is -2.36. The van der Waals surface area contributed by atoms with Crippen LogP contribution in [0.1, 0.15) is 48.9 Å². The number of nitrogens with one attached hydrogen (secondary N) is 1. The molecular formula is C25H32N2O3. The lowest BCUT2D eigenvalue weighted by atomic mass is 9.99. The van der Waals surface area contributed by atoms with E-state index >= 15 is 0 Å². The molecule has 1 aliphatic heterocycles. The van der Waals surface area contributed by atoms with Gasteiger partial charge in [-0.3, -0.25) is 9.59 Å². The van der Waals surface area contributed by atoms with Gasteiger partial charge in [-0.15, -0.1) is 0 Å². The number of carbonyl (C=O) groups excluding carboxylic acids is 2. The Morgan fingerprint density at radius 1 is 1.13 bits per heavy atom. The van der Waals surface area contributed by atoms with Gasteiger partial charge in [0, 0.05) is 24.3 Å². The van der Waals surface area contributed by atoms with Gasteiger partial charge in [-0.05, 0) is 86.1 Å². The molecule has 1 heterocycles. The maximum Gasteiger partial charge on any atom is 0.262 e. The van der Waals surface area contributed by atoms with Crippen molar-refractivity contribution in [1.29, 1.82) is 0 Å². The average molecular weight is 409 g/mol. The monoisotopic (exact) mass is 408 g/mol. The standard InChI is InChI=1S/C25H32N2O3/c1-16(2)10-11-27-22-8-7-21(14-20(22)6-9-25(27)29)26-24(28)15-30-23-13-17(3)12-18(4)19(23)5/h7-8,12-14,16H,6,9-11,15H2,1-5H3,(H,26,28). The number of nitrogens with zero attached hydrogens (tertiary/aromatic N) is 1. The fraction of sp³-hybridized carbons (Fsp3) is 0.440. The van der Waals surface area contributed by atoms with Gasteiger partial charge in [0.05, 0.1) is 0 Å². The van der Waals surface area contributed by atoms with Crippen LogP contribution >= 0.6 is 0 Å². The quantitative estimate of drug-likeness (QED) is 0.705. The third-order valence-electron chi connectivity index (χ3n) is 5.62. The van der Waals surface area contributed by atoms with Crippen LogP contribution in [0.4, 0.5) is 11.4 Å². The van der Waals surface area contributed by atoms with Gasteiger partial charge in [0.2, 0.25) is 5.91 Å². The highest BCUT2D eigenvalue weighted by Gasteiger charge is 2.24. The molecule has 160 valence electrons. The number of hydrogen-bond acceptors (Lipinski definition) is 3. The molecule has 0 bridgehead atoms. The van der Waals surface area contributed by atoms with Gasteiger partial charge >= 0.3 is 0 Å². The van der Waals surface area contributed by atoms with Crippen molar-refractivity contribution in [2.75, 3.05) is 23.4 Å². The Morgan fingerprint density at radius 3 is 2.63 bits per heavy atom. The molecule has 0 atom stereocenters. The Balaban J connectivity index is 1.65. The molecule has 0 spiro atoms. The third-order valence-corrected chi connectivity index (χ3v) is 5.62. The molecule has 30 heavy (non-hydrogen) atoms. The molecule has 0 unspecified atom stereocenters. The van der Waals surface area contributed by atoms with E-state index in [1.54, 1.807) is 0 Å². The van der Waals surface area contributed by atoms with Crippen molar-refractivity contribution < 1.29 is 14.3 Å². The minimum Gasteiger partial charge on any atom is -0.483 e. The Bertz CT molecular complexity index is 950. The van der Waals surface area contributed by atoms with Crippen molar-refractivity contribution in [3.05, 3.63) is 52.6 Å². The predicted molar refractivity (Wildman–Crippen MR) is 121 cm³/mol. The SMILES string of the molecule is Cc1cc(C)c(C)c(OCC(=O)Nc2ccc3c(c2)CCC(=O)N3CCC(C)C)c1. The zero-order valence-electron chi connectivity index (χ0n) is 18.7. The van der Waals surface area contributed by atoms with Crippen molar-refractivity contribution in [3.63, 3.8) is 0 Å². The number of fused-ring (bicyclic) bond motifs is 1. The second-order valence-electron chi connectivity index (χ2n) is 8.61. The summed E-state index contributed by atoms with van der Waals surface area (Å²) in [6.45, 7) is 11.1. The summed E-state index contributed by atoms with van der Waals surface area (Å²) in [4.78, 5) is 26.7. The number of hydrogen-bond donors (Lipinski definition) is 1. The molecule has 2 aromatic carbocycles. The summed E-state index contributed by atoms with van der Waals surface area (Å²) in [5.41, 5.74) is 6.11. The smallest absolute Gasteiger partial charge is 0.262 e. The first-order chi connectivity index (χ1) is 14.2. The minimum absolute atomic E-state index is 0.0418. The first kappa shape index (κ1) is 21.9. The molecule has 0 saturated carbocycles. The normalized spacial score (nSPS) is 13.4. The van der Waals surface area contributed by atoms with Crippen LogP contribution in [-0.4, -0.2) is 25.0 Å². The van der Waals surface area contributed by atoms with Crippen molar-refractivity contribution in [3.8, 4) is 5.75 Å². The molecule has 5 heteroatoms. The average Bonchev–Trinajstić information content (AvgIpc) is 2.68. The first-order valence-electron chi connectivity index (χ1n) is 10.7. The van der Waals surface area contributed by atoms with E-state index in [0.717, 1.165) is 52.3 Å². The third kappa shape index (κ3) is 5.21. The van der Waals surface area contributed by atoms with E-state index in [1.165, 1.54) is 0 Å². The fourth-order valence-electron chi connectivity index (χ4n) is 3.76. The molecule has 2 amide bonds. The number of rotatable bonds is 7. The Labute approximate surface area is 179 Å². The molecule has 1 N–H and O–H groups in total. The molecule has 1 aliphatic rings. The van der Waals surface area contributed by atoms with Crippen LogP contribution in [0.5, 0.6) is 5.75 Å². The Kier molecular flexibility index (Phi) is 6.80. The van der Waals surface area contributed by atoms with Crippen LogP contribution in [0.2, 0.25) is 0 Å². The number of amides is 2. The number of ether oxygens (including phenoxy) is 1. The molecule has 5 nitrogen and oxygen atoms in total. The van der Waals surface area contributed by atoms with Crippen molar-refractivity contribution in [2.24, 2.45) is 5.92 Å². The number of aryl methyl sites for hydroxylation is 3. The summed E-state index contributed by atoms with van der Waals surface area (Å²) in [6, 6.07) is 9.84. The van der Waals surface area contributed by atoms with Crippen molar-refractivity contribution in [2.45, 2.75) is 53.9 Å². The second kappa shape index (κ2) is 9.33. The van der Waals surface area contributed by atoms with E-state index < -0.39 is 0 Å². The maximum atomic E-state index is 12.4. The van der Waals surface area contributed by atoms with E-state index in [0.29, 0.717) is 18.8 Å². The molecule has 0 fully saturated rings. The highest BCUT2D eigenvalue weighted by atomic mass is 16.5. The summed E-state index contributed by atoms with van der Waals surface area (Å²) < 4.78 is 5.77. The predicted octanol–water partition coefficient (Wildman–Crippen LogP) is 4.95.